The maximum absolute atomic E-state index is 12.6. The average Bonchev–Trinajstić information content (AvgIpc) is 2.66. The van der Waals surface area contributed by atoms with Gasteiger partial charge in [0.2, 0.25) is 0 Å². The van der Waals surface area contributed by atoms with E-state index in [-0.39, 0.29) is 23.2 Å². The van der Waals surface area contributed by atoms with E-state index in [2.05, 4.69) is 0 Å². The molecule has 0 aliphatic rings. The summed E-state index contributed by atoms with van der Waals surface area (Å²) in [6, 6.07) is 11.1. The fraction of sp³-hybridized carbons (Fsp3) is 0.316. The van der Waals surface area contributed by atoms with Crippen molar-refractivity contribution < 1.29 is 22.7 Å². The summed E-state index contributed by atoms with van der Waals surface area (Å²) in [6.07, 6.45) is 0. The molecule has 2 aromatic rings. The molecule has 0 heterocycles. The summed E-state index contributed by atoms with van der Waals surface area (Å²) in [5, 5.41) is 0.553. The first kappa shape index (κ1) is 21.2. The number of halogens is 1. The molecule has 0 saturated heterocycles. The molecule has 0 atom stereocenters. The summed E-state index contributed by atoms with van der Waals surface area (Å²) in [5.74, 6) is 0.294. The lowest BCUT2D eigenvalue weighted by molar-refractivity contribution is 0.0784. The maximum atomic E-state index is 12.6. The maximum Gasteiger partial charge on any atom is 0.253 e. The van der Waals surface area contributed by atoms with Crippen LogP contribution < -0.4 is 4.74 Å². The van der Waals surface area contributed by atoms with E-state index >= 15 is 0 Å². The van der Waals surface area contributed by atoms with Crippen LogP contribution in [0.1, 0.15) is 15.9 Å². The highest BCUT2D eigenvalue weighted by Crippen LogP contribution is 2.24. The van der Waals surface area contributed by atoms with Crippen molar-refractivity contribution in [1.29, 1.82) is 0 Å². The first-order valence-electron chi connectivity index (χ1n) is 8.18. The van der Waals surface area contributed by atoms with Crippen LogP contribution >= 0.6 is 11.6 Å². The number of ether oxygens (including phenoxy) is 2. The highest BCUT2D eigenvalue weighted by Gasteiger charge is 2.17. The van der Waals surface area contributed by atoms with E-state index < -0.39 is 9.84 Å². The van der Waals surface area contributed by atoms with E-state index in [1.807, 2.05) is 0 Å². The molecular weight excluding hydrogens is 390 g/mol. The van der Waals surface area contributed by atoms with Crippen molar-refractivity contribution in [2.45, 2.75) is 11.4 Å². The molecule has 0 aliphatic heterocycles. The minimum Gasteiger partial charge on any atom is -0.496 e. The molecule has 2 rings (SSSR count). The number of benzene rings is 2. The van der Waals surface area contributed by atoms with Gasteiger partial charge in [0.1, 0.15) is 5.75 Å². The van der Waals surface area contributed by atoms with Crippen molar-refractivity contribution in [3.8, 4) is 5.75 Å². The normalized spacial score (nSPS) is 11.3. The van der Waals surface area contributed by atoms with Crippen LogP contribution in [-0.2, 0) is 21.1 Å². The van der Waals surface area contributed by atoms with Gasteiger partial charge in [-0.2, -0.15) is 0 Å². The number of sulfone groups is 1. The van der Waals surface area contributed by atoms with Gasteiger partial charge in [0.15, 0.2) is 9.84 Å². The predicted octanol–water partition coefficient (Wildman–Crippen LogP) is 3.04. The third-order valence-electron chi connectivity index (χ3n) is 4.01. The van der Waals surface area contributed by atoms with Gasteiger partial charge in [-0.3, -0.25) is 4.79 Å². The van der Waals surface area contributed by atoms with Gasteiger partial charge in [-0.1, -0.05) is 11.6 Å². The number of methoxy groups -OCH3 is 2. The molecular formula is C19H22ClNO5S. The Balaban J connectivity index is 2.14. The standard InChI is InChI=1S/C19H22ClNO5S/c1-21(13-15-12-16(20)6-9-18(15)26-3)19(22)14-4-7-17(8-5-14)27(23,24)11-10-25-2/h4-9,12H,10-11,13H2,1-3H3. The van der Waals surface area contributed by atoms with Crippen LogP contribution in [0.4, 0.5) is 0 Å². The fourth-order valence-corrected chi connectivity index (χ4v) is 3.90. The molecule has 0 aliphatic carbocycles. The zero-order valence-corrected chi connectivity index (χ0v) is 17.0. The van der Waals surface area contributed by atoms with Crippen LogP contribution in [0.2, 0.25) is 5.02 Å². The van der Waals surface area contributed by atoms with E-state index in [4.69, 9.17) is 21.1 Å². The van der Waals surface area contributed by atoms with Crippen molar-refractivity contribution in [1.82, 2.24) is 4.90 Å². The van der Waals surface area contributed by atoms with Gasteiger partial charge in [-0.25, -0.2) is 8.42 Å². The van der Waals surface area contributed by atoms with Crippen LogP contribution in [0.25, 0.3) is 0 Å². The second-order valence-electron chi connectivity index (χ2n) is 5.95. The van der Waals surface area contributed by atoms with Crippen LogP contribution in [0.5, 0.6) is 5.75 Å². The molecule has 2 aromatic carbocycles. The monoisotopic (exact) mass is 411 g/mol. The quantitative estimate of drug-likeness (QED) is 0.667. The minimum atomic E-state index is -3.43. The largest absolute Gasteiger partial charge is 0.496 e. The number of carbonyl (C=O) groups is 1. The van der Waals surface area contributed by atoms with Gasteiger partial charge in [0, 0.05) is 36.9 Å². The van der Waals surface area contributed by atoms with E-state index in [9.17, 15) is 13.2 Å². The number of rotatable bonds is 8. The van der Waals surface area contributed by atoms with Gasteiger partial charge in [-0.05, 0) is 42.5 Å². The molecule has 0 saturated carbocycles. The zero-order chi connectivity index (χ0) is 20.0. The van der Waals surface area contributed by atoms with E-state index in [0.717, 1.165) is 5.56 Å². The molecule has 0 N–H and O–H groups in total. The third kappa shape index (κ3) is 5.45. The molecule has 0 unspecified atom stereocenters. The lowest BCUT2D eigenvalue weighted by Crippen LogP contribution is -2.26. The molecule has 0 spiro atoms. The number of hydrogen-bond acceptors (Lipinski definition) is 5. The number of hydrogen-bond donors (Lipinski definition) is 0. The van der Waals surface area contributed by atoms with Gasteiger partial charge < -0.3 is 14.4 Å². The minimum absolute atomic E-state index is 0.106. The smallest absolute Gasteiger partial charge is 0.253 e. The van der Waals surface area contributed by atoms with Gasteiger partial charge in [0.05, 0.1) is 24.4 Å². The van der Waals surface area contributed by atoms with Crippen LogP contribution in [0.3, 0.4) is 0 Å². The number of carbonyl (C=O) groups excluding carboxylic acids is 1. The van der Waals surface area contributed by atoms with Gasteiger partial charge >= 0.3 is 0 Å². The molecule has 146 valence electrons. The Morgan fingerprint density at radius 3 is 2.37 bits per heavy atom. The molecule has 0 bridgehead atoms. The zero-order valence-electron chi connectivity index (χ0n) is 15.4. The Labute approximate surface area is 164 Å². The van der Waals surface area contributed by atoms with Crippen molar-refractivity contribution in [2.75, 3.05) is 33.6 Å². The molecule has 1 amide bonds. The molecule has 27 heavy (non-hydrogen) atoms. The lowest BCUT2D eigenvalue weighted by atomic mass is 10.1. The summed E-state index contributed by atoms with van der Waals surface area (Å²) in [6.45, 7) is 0.420. The van der Waals surface area contributed by atoms with Crippen LogP contribution in [-0.4, -0.2) is 52.9 Å². The predicted molar refractivity (Wildman–Crippen MR) is 104 cm³/mol. The molecule has 0 fully saturated rings. The van der Waals surface area contributed by atoms with Gasteiger partial charge in [0.25, 0.3) is 5.91 Å². The van der Waals surface area contributed by atoms with Crippen LogP contribution in [0.15, 0.2) is 47.4 Å². The summed E-state index contributed by atoms with van der Waals surface area (Å²) >= 11 is 6.03. The van der Waals surface area contributed by atoms with Crippen molar-refractivity contribution >= 4 is 27.3 Å². The Morgan fingerprint density at radius 1 is 1.11 bits per heavy atom. The van der Waals surface area contributed by atoms with Crippen molar-refractivity contribution in [3.63, 3.8) is 0 Å². The Hall–Kier alpha value is -2.09. The molecule has 0 radical (unpaired) electrons. The summed E-state index contributed by atoms with van der Waals surface area (Å²) in [7, 11) is 1.23. The second-order valence-corrected chi connectivity index (χ2v) is 8.50. The first-order valence-corrected chi connectivity index (χ1v) is 10.2. The number of amides is 1. The van der Waals surface area contributed by atoms with Crippen LogP contribution in [0, 0.1) is 0 Å². The van der Waals surface area contributed by atoms with Gasteiger partial charge in [-0.15, -0.1) is 0 Å². The fourth-order valence-electron chi connectivity index (χ4n) is 2.53. The Bertz CT molecular complexity index is 897. The highest BCUT2D eigenvalue weighted by atomic mass is 35.5. The molecule has 0 aromatic heterocycles. The first-order chi connectivity index (χ1) is 12.8. The van der Waals surface area contributed by atoms with E-state index in [1.54, 1.807) is 32.4 Å². The Morgan fingerprint density at radius 2 is 1.78 bits per heavy atom. The number of nitrogens with zero attached hydrogens (tertiary/aromatic N) is 1. The topological polar surface area (TPSA) is 72.9 Å². The van der Waals surface area contributed by atoms with Crippen molar-refractivity contribution in [2.24, 2.45) is 0 Å². The third-order valence-corrected chi connectivity index (χ3v) is 5.94. The van der Waals surface area contributed by atoms with E-state index in [1.165, 1.54) is 36.3 Å². The summed E-state index contributed by atoms with van der Waals surface area (Å²) in [4.78, 5) is 14.3. The molecule has 8 heteroatoms. The highest BCUT2D eigenvalue weighted by molar-refractivity contribution is 7.91. The Kier molecular flexibility index (Phi) is 7.24. The SMILES string of the molecule is COCCS(=O)(=O)c1ccc(C(=O)N(C)Cc2cc(Cl)ccc2OC)cc1. The summed E-state index contributed by atoms with van der Waals surface area (Å²) in [5.41, 5.74) is 1.17. The van der Waals surface area contributed by atoms with E-state index in [0.29, 0.717) is 22.9 Å². The lowest BCUT2D eigenvalue weighted by Gasteiger charge is -2.19. The average molecular weight is 412 g/mol. The second kappa shape index (κ2) is 9.21. The van der Waals surface area contributed by atoms with Crippen molar-refractivity contribution in [3.05, 3.63) is 58.6 Å². The molecule has 6 nitrogen and oxygen atoms in total. The summed E-state index contributed by atoms with van der Waals surface area (Å²) < 4.78 is 34.4.